The standard InChI is InChI=1S/C34H42FN5O3/c1-3-4-11-28-12-8-19-40(28)34(43)25-17-18-37-31(22-25)33(42)39-30(21-24-9-6-5-7-10-24)29(36)20-23(2)32(41)38-27-15-13-26(35)14-16-27/h5-7,9-10,13-18,22-23,28-30H,3-4,8,11-12,19-21,36H2,1-2H3,(H,38,41)(H,39,42)/t23-,28+,29+,30+/m1/s1. The molecule has 1 aliphatic rings. The molecule has 0 spiro atoms. The maximum absolute atomic E-state index is 13.5. The molecule has 8 nitrogen and oxygen atoms in total. The van der Waals surface area contributed by atoms with Crippen LogP contribution in [0.5, 0.6) is 0 Å². The zero-order valence-corrected chi connectivity index (χ0v) is 25.0. The number of halogens is 1. The number of carbonyl (C=O) groups is 3. The van der Waals surface area contributed by atoms with Crippen molar-refractivity contribution in [2.45, 2.75) is 76.9 Å². The highest BCUT2D eigenvalue weighted by Gasteiger charge is 2.30. The summed E-state index contributed by atoms with van der Waals surface area (Å²) in [6, 6.07) is 17.6. The summed E-state index contributed by atoms with van der Waals surface area (Å²) >= 11 is 0. The number of unbranched alkanes of at least 4 members (excludes halogenated alkanes) is 1. The van der Waals surface area contributed by atoms with Crippen LogP contribution in [0.4, 0.5) is 10.1 Å². The first-order chi connectivity index (χ1) is 20.7. The van der Waals surface area contributed by atoms with Gasteiger partial charge >= 0.3 is 0 Å². The third-order valence-electron chi connectivity index (χ3n) is 8.09. The Balaban J connectivity index is 1.45. The molecule has 9 heteroatoms. The third kappa shape index (κ3) is 8.94. The number of hydrogen-bond acceptors (Lipinski definition) is 5. The average molecular weight is 588 g/mol. The van der Waals surface area contributed by atoms with E-state index in [0.717, 1.165) is 44.2 Å². The summed E-state index contributed by atoms with van der Waals surface area (Å²) in [7, 11) is 0. The first kappa shape index (κ1) is 31.8. The van der Waals surface area contributed by atoms with Gasteiger partial charge < -0.3 is 21.3 Å². The van der Waals surface area contributed by atoms with Gasteiger partial charge in [0.1, 0.15) is 11.5 Å². The number of hydrogen-bond donors (Lipinski definition) is 3. The zero-order chi connectivity index (χ0) is 30.8. The van der Waals surface area contributed by atoms with Crippen molar-refractivity contribution >= 4 is 23.4 Å². The van der Waals surface area contributed by atoms with Crippen LogP contribution in [0.2, 0.25) is 0 Å². The molecule has 1 aliphatic heterocycles. The van der Waals surface area contributed by atoms with E-state index in [1.807, 2.05) is 35.2 Å². The van der Waals surface area contributed by atoms with Crippen LogP contribution in [0.25, 0.3) is 0 Å². The van der Waals surface area contributed by atoms with Crippen LogP contribution in [0.15, 0.2) is 72.9 Å². The largest absolute Gasteiger partial charge is 0.346 e. The fourth-order valence-corrected chi connectivity index (χ4v) is 5.59. The maximum atomic E-state index is 13.5. The van der Waals surface area contributed by atoms with Crippen molar-refractivity contribution in [3.05, 3.63) is 95.6 Å². The second kappa shape index (κ2) is 15.4. The second-order valence-corrected chi connectivity index (χ2v) is 11.4. The van der Waals surface area contributed by atoms with Crippen LogP contribution < -0.4 is 16.4 Å². The van der Waals surface area contributed by atoms with E-state index in [4.69, 9.17) is 5.73 Å². The zero-order valence-electron chi connectivity index (χ0n) is 25.0. The highest BCUT2D eigenvalue weighted by Crippen LogP contribution is 2.24. The first-order valence-electron chi connectivity index (χ1n) is 15.2. The van der Waals surface area contributed by atoms with Crippen LogP contribution in [0, 0.1) is 11.7 Å². The summed E-state index contributed by atoms with van der Waals surface area (Å²) in [4.78, 5) is 45.9. The lowest BCUT2D eigenvalue weighted by atomic mass is 9.92. The van der Waals surface area contributed by atoms with E-state index in [1.165, 1.54) is 30.5 Å². The van der Waals surface area contributed by atoms with Crippen LogP contribution in [-0.4, -0.2) is 52.3 Å². The second-order valence-electron chi connectivity index (χ2n) is 11.4. The number of nitrogens with one attached hydrogen (secondary N) is 2. The molecule has 0 aliphatic carbocycles. The first-order valence-corrected chi connectivity index (χ1v) is 15.2. The summed E-state index contributed by atoms with van der Waals surface area (Å²) in [6.07, 6.45) is 7.38. The summed E-state index contributed by atoms with van der Waals surface area (Å²) < 4.78 is 13.3. The SMILES string of the molecule is CCCC[C@H]1CCCN1C(=O)c1ccnc(C(=O)N[C@@H](Cc2ccccc2)[C@@H](N)C[C@@H](C)C(=O)Nc2ccc(F)cc2)c1. The Bertz CT molecular complexity index is 1370. The van der Waals surface area contributed by atoms with E-state index in [0.29, 0.717) is 24.1 Å². The van der Waals surface area contributed by atoms with Crippen molar-refractivity contribution in [3.8, 4) is 0 Å². The predicted molar refractivity (Wildman–Crippen MR) is 166 cm³/mol. The molecular formula is C34H42FN5O3. The highest BCUT2D eigenvalue weighted by atomic mass is 19.1. The number of pyridine rings is 1. The molecule has 2 aromatic carbocycles. The van der Waals surface area contributed by atoms with Gasteiger partial charge in [-0.15, -0.1) is 0 Å². The molecule has 43 heavy (non-hydrogen) atoms. The van der Waals surface area contributed by atoms with E-state index in [-0.39, 0.29) is 29.4 Å². The minimum atomic E-state index is -0.563. The number of nitrogens with two attached hydrogens (primary N) is 1. The number of nitrogens with zero attached hydrogens (tertiary/aromatic N) is 2. The Morgan fingerprint density at radius 1 is 1.09 bits per heavy atom. The molecule has 0 unspecified atom stereocenters. The molecule has 4 atom stereocenters. The van der Waals surface area contributed by atoms with Gasteiger partial charge in [0, 0.05) is 48.0 Å². The molecule has 2 heterocycles. The Labute approximate surface area is 253 Å². The van der Waals surface area contributed by atoms with Crippen LogP contribution >= 0.6 is 0 Å². The van der Waals surface area contributed by atoms with E-state index >= 15 is 0 Å². The molecule has 1 saturated heterocycles. The van der Waals surface area contributed by atoms with Crippen LogP contribution in [0.1, 0.15) is 78.8 Å². The Kier molecular flexibility index (Phi) is 11.4. The van der Waals surface area contributed by atoms with E-state index in [9.17, 15) is 18.8 Å². The van der Waals surface area contributed by atoms with Crippen LogP contribution in [-0.2, 0) is 11.2 Å². The molecule has 0 radical (unpaired) electrons. The monoisotopic (exact) mass is 587 g/mol. The lowest BCUT2D eigenvalue weighted by Crippen LogP contribution is -2.50. The smallest absolute Gasteiger partial charge is 0.270 e. The number of likely N-dealkylation sites (tertiary alicyclic amines) is 1. The van der Waals surface area contributed by atoms with Gasteiger partial charge in [0.05, 0.1) is 0 Å². The van der Waals surface area contributed by atoms with Crippen molar-refractivity contribution in [1.82, 2.24) is 15.2 Å². The maximum Gasteiger partial charge on any atom is 0.270 e. The molecule has 0 saturated carbocycles. The number of benzene rings is 2. The third-order valence-corrected chi connectivity index (χ3v) is 8.09. The fraction of sp³-hybridized carbons (Fsp3) is 0.412. The summed E-state index contributed by atoms with van der Waals surface area (Å²) in [6.45, 7) is 4.64. The minimum Gasteiger partial charge on any atom is -0.346 e. The molecule has 4 N–H and O–H groups in total. The summed E-state index contributed by atoms with van der Waals surface area (Å²) in [5.74, 6) is -1.62. The van der Waals surface area contributed by atoms with Gasteiger partial charge in [0.15, 0.2) is 0 Å². The van der Waals surface area contributed by atoms with Gasteiger partial charge in [0.2, 0.25) is 5.91 Å². The van der Waals surface area contributed by atoms with Crippen LogP contribution in [0.3, 0.4) is 0 Å². The van der Waals surface area contributed by atoms with Crippen molar-refractivity contribution < 1.29 is 18.8 Å². The van der Waals surface area contributed by atoms with E-state index < -0.39 is 23.9 Å². The highest BCUT2D eigenvalue weighted by molar-refractivity contribution is 5.99. The molecule has 3 aromatic rings. The molecule has 1 fully saturated rings. The van der Waals surface area contributed by atoms with Crippen molar-refractivity contribution in [1.29, 1.82) is 0 Å². The Morgan fingerprint density at radius 3 is 2.56 bits per heavy atom. The van der Waals surface area contributed by atoms with Gasteiger partial charge in [-0.3, -0.25) is 19.4 Å². The number of carbonyl (C=O) groups excluding carboxylic acids is 3. The quantitative estimate of drug-likeness (QED) is 0.249. The van der Waals surface area contributed by atoms with Crippen molar-refractivity contribution in [2.24, 2.45) is 11.7 Å². The normalized spacial score (nSPS) is 16.7. The van der Waals surface area contributed by atoms with Gasteiger partial charge in [-0.2, -0.15) is 0 Å². The van der Waals surface area contributed by atoms with E-state index in [1.54, 1.807) is 19.1 Å². The van der Waals surface area contributed by atoms with Gasteiger partial charge in [-0.1, -0.05) is 57.0 Å². The van der Waals surface area contributed by atoms with Crippen molar-refractivity contribution in [2.75, 3.05) is 11.9 Å². The Morgan fingerprint density at radius 2 is 1.84 bits per heavy atom. The Hall–Kier alpha value is -4.11. The molecule has 0 bridgehead atoms. The number of anilines is 1. The number of aromatic nitrogens is 1. The predicted octanol–water partition coefficient (Wildman–Crippen LogP) is 5.35. The van der Waals surface area contributed by atoms with Crippen molar-refractivity contribution in [3.63, 3.8) is 0 Å². The summed E-state index contributed by atoms with van der Waals surface area (Å²) in [5, 5.41) is 5.82. The lowest BCUT2D eigenvalue weighted by Gasteiger charge is -2.27. The number of rotatable bonds is 13. The lowest BCUT2D eigenvalue weighted by molar-refractivity contribution is -0.119. The fourth-order valence-electron chi connectivity index (χ4n) is 5.59. The molecule has 228 valence electrons. The number of amides is 3. The van der Waals surface area contributed by atoms with Gasteiger partial charge in [-0.25, -0.2) is 4.39 Å². The molecule has 3 amide bonds. The average Bonchev–Trinajstić information content (AvgIpc) is 3.49. The topological polar surface area (TPSA) is 117 Å². The van der Waals surface area contributed by atoms with Gasteiger partial charge in [-0.05, 0) is 74.1 Å². The molecular weight excluding hydrogens is 545 g/mol. The molecule has 1 aromatic heterocycles. The molecule has 4 rings (SSSR count). The van der Waals surface area contributed by atoms with E-state index in [2.05, 4.69) is 22.5 Å². The minimum absolute atomic E-state index is 0.0754. The summed E-state index contributed by atoms with van der Waals surface area (Å²) in [5.41, 5.74) is 8.69. The van der Waals surface area contributed by atoms with Gasteiger partial charge in [0.25, 0.3) is 11.8 Å².